The molecule has 236 valence electrons. The fraction of sp³-hybridized carbons (Fsp3) is 0.278. The van der Waals surface area contributed by atoms with Crippen LogP contribution in [0.5, 0.6) is 0 Å². The molecule has 4 rings (SSSR count). The van der Waals surface area contributed by atoms with E-state index in [-0.39, 0.29) is 29.8 Å². The van der Waals surface area contributed by atoms with Gasteiger partial charge in [0.25, 0.3) is 10.0 Å². The van der Waals surface area contributed by atoms with E-state index in [1.54, 1.807) is 48.5 Å². The average molecular weight is 691 g/mol. The van der Waals surface area contributed by atoms with Gasteiger partial charge >= 0.3 is 0 Å². The van der Waals surface area contributed by atoms with E-state index >= 15 is 0 Å². The number of carbonyl (C=O) groups excluding carboxylic acids is 2. The van der Waals surface area contributed by atoms with Crippen LogP contribution < -0.4 is 9.62 Å². The largest absolute Gasteiger partial charge is 0.352 e. The van der Waals surface area contributed by atoms with Crippen LogP contribution in [0.25, 0.3) is 0 Å². The number of benzene rings is 4. The highest BCUT2D eigenvalue weighted by Gasteiger charge is 2.35. The molecule has 0 bridgehead atoms. The zero-order valence-electron chi connectivity index (χ0n) is 26.1. The second kappa shape index (κ2) is 15.4. The van der Waals surface area contributed by atoms with E-state index in [1.165, 1.54) is 4.90 Å². The molecule has 0 saturated carbocycles. The molecule has 4 aromatic rings. The van der Waals surface area contributed by atoms with E-state index in [0.29, 0.717) is 5.69 Å². The summed E-state index contributed by atoms with van der Waals surface area (Å²) in [6.45, 7) is 7.39. The summed E-state index contributed by atoms with van der Waals surface area (Å²) in [5.41, 5.74) is 3.98. The molecule has 1 N–H and O–H groups in total. The lowest BCUT2D eigenvalue weighted by molar-refractivity contribution is -0.140. The number of hydrogen-bond acceptors (Lipinski definition) is 4. The third-order valence-electron chi connectivity index (χ3n) is 7.88. The molecular formula is C36H40BrN3O4S. The van der Waals surface area contributed by atoms with E-state index in [2.05, 4.69) is 21.2 Å². The number of aryl methyl sites for hydroxylation is 2. The molecule has 2 amide bonds. The molecule has 0 spiro atoms. The van der Waals surface area contributed by atoms with Crippen molar-refractivity contribution in [1.82, 2.24) is 10.2 Å². The maximum absolute atomic E-state index is 14.6. The van der Waals surface area contributed by atoms with Crippen LogP contribution in [0.1, 0.15) is 42.5 Å². The first-order valence-electron chi connectivity index (χ1n) is 15.0. The number of rotatable bonds is 13. The Morgan fingerprint density at radius 3 is 2.09 bits per heavy atom. The van der Waals surface area contributed by atoms with Gasteiger partial charge in [-0.15, -0.1) is 0 Å². The highest BCUT2D eigenvalue weighted by Crippen LogP contribution is 2.27. The van der Waals surface area contributed by atoms with Gasteiger partial charge in [-0.1, -0.05) is 95.1 Å². The molecular weight excluding hydrogens is 650 g/mol. The highest BCUT2D eigenvalue weighted by atomic mass is 79.9. The van der Waals surface area contributed by atoms with Crippen LogP contribution in [0.15, 0.2) is 112 Å². The van der Waals surface area contributed by atoms with Crippen molar-refractivity contribution in [2.24, 2.45) is 0 Å². The molecule has 0 unspecified atom stereocenters. The van der Waals surface area contributed by atoms with Crippen LogP contribution in [-0.2, 0) is 32.6 Å². The van der Waals surface area contributed by atoms with Crippen molar-refractivity contribution in [3.63, 3.8) is 0 Å². The summed E-state index contributed by atoms with van der Waals surface area (Å²) in [5.74, 6) is -0.774. The Hall–Kier alpha value is -3.95. The van der Waals surface area contributed by atoms with E-state index in [1.807, 2.05) is 82.3 Å². The van der Waals surface area contributed by atoms with Gasteiger partial charge in [-0.3, -0.25) is 13.9 Å². The monoisotopic (exact) mass is 689 g/mol. The Morgan fingerprint density at radius 2 is 1.47 bits per heavy atom. The van der Waals surface area contributed by atoms with Gasteiger partial charge in [0.1, 0.15) is 12.6 Å². The van der Waals surface area contributed by atoms with Gasteiger partial charge in [0.05, 0.1) is 10.6 Å². The Labute approximate surface area is 275 Å². The lowest BCUT2D eigenvalue weighted by Crippen LogP contribution is -2.54. The maximum Gasteiger partial charge on any atom is 0.264 e. The van der Waals surface area contributed by atoms with E-state index in [4.69, 9.17) is 0 Å². The van der Waals surface area contributed by atoms with Gasteiger partial charge in [-0.05, 0) is 80.3 Å². The third kappa shape index (κ3) is 8.83. The number of sulfonamides is 1. The molecule has 7 nitrogen and oxygen atoms in total. The zero-order chi connectivity index (χ0) is 32.6. The number of hydrogen-bond donors (Lipinski definition) is 1. The molecule has 0 fully saturated rings. The second-order valence-electron chi connectivity index (χ2n) is 11.3. The molecule has 4 aromatic carbocycles. The third-order valence-corrected chi connectivity index (χ3v) is 10.2. The molecule has 9 heteroatoms. The minimum absolute atomic E-state index is 0.0737. The fourth-order valence-electron chi connectivity index (χ4n) is 4.94. The van der Waals surface area contributed by atoms with Gasteiger partial charge in [0, 0.05) is 23.5 Å². The average Bonchev–Trinajstić information content (AvgIpc) is 3.03. The minimum Gasteiger partial charge on any atom is -0.352 e. The van der Waals surface area contributed by atoms with Crippen molar-refractivity contribution in [2.45, 2.75) is 64.1 Å². The van der Waals surface area contributed by atoms with Gasteiger partial charge in [-0.25, -0.2) is 8.42 Å². The predicted octanol–water partition coefficient (Wildman–Crippen LogP) is 6.82. The molecule has 2 atom stereocenters. The van der Waals surface area contributed by atoms with Gasteiger partial charge in [0.15, 0.2) is 0 Å². The van der Waals surface area contributed by atoms with Gasteiger partial charge < -0.3 is 10.2 Å². The number of nitrogens with zero attached hydrogens (tertiary/aromatic N) is 2. The number of nitrogens with one attached hydrogen (secondary N) is 1. The van der Waals surface area contributed by atoms with Crippen molar-refractivity contribution in [3.8, 4) is 0 Å². The van der Waals surface area contributed by atoms with E-state index < -0.39 is 28.5 Å². The molecule has 45 heavy (non-hydrogen) atoms. The SMILES string of the molecule is CC[C@@H](C)NC(=O)[C@@H](Cc1ccccc1)N(Cc1ccccc1C)C(=O)CN(c1ccc(Br)cc1)S(=O)(=O)c1ccc(C)cc1. The normalized spacial score (nSPS) is 12.6. The lowest BCUT2D eigenvalue weighted by Gasteiger charge is -2.34. The van der Waals surface area contributed by atoms with Crippen LogP contribution in [-0.4, -0.2) is 43.8 Å². The summed E-state index contributed by atoms with van der Waals surface area (Å²) in [4.78, 5) is 30.1. The second-order valence-corrected chi connectivity index (χ2v) is 14.1. The fourth-order valence-corrected chi connectivity index (χ4v) is 6.62. The summed E-state index contributed by atoms with van der Waals surface area (Å²) >= 11 is 3.42. The van der Waals surface area contributed by atoms with Crippen molar-refractivity contribution in [3.05, 3.63) is 130 Å². The van der Waals surface area contributed by atoms with Crippen LogP contribution in [0.3, 0.4) is 0 Å². The zero-order valence-corrected chi connectivity index (χ0v) is 28.5. The summed E-state index contributed by atoms with van der Waals surface area (Å²) in [6, 6.07) is 29.6. The molecule has 0 aliphatic heterocycles. The first-order chi connectivity index (χ1) is 21.5. The van der Waals surface area contributed by atoms with Gasteiger partial charge in [0.2, 0.25) is 11.8 Å². The molecule has 0 saturated heterocycles. The lowest BCUT2D eigenvalue weighted by atomic mass is 10.0. The number of anilines is 1. The number of carbonyl (C=O) groups is 2. The van der Waals surface area contributed by atoms with Crippen molar-refractivity contribution in [2.75, 3.05) is 10.8 Å². The molecule has 0 aliphatic rings. The van der Waals surface area contributed by atoms with Crippen molar-refractivity contribution < 1.29 is 18.0 Å². The highest BCUT2D eigenvalue weighted by molar-refractivity contribution is 9.10. The van der Waals surface area contributed by atoms with E-state index in [0.717, 1.165) is 37.5 Å². The Kier molecular flexibility index (Phi) is 11.6. The van der Waals surface area contributed by atoms with Crippen LogP contribution in [0, 0.1) is 13.8 Å². The standard InChI is InChI=1S/C36H40BrN3O4S/c1-5-28(4)38-36(42)34(23-29-12-7-6-8-13-29)39(24-30-14-10-9-11-27(30)3)35(41)25-40(32-19-17-31(37)18-20-32)45(43,44)33-21-15-26(2)16-22-33/h6-22,28,34H,5,23-25H2,1-4H3,(H,38,42)/t28-,34-/m1/s1. The molecule has 0 aromatic heterocycles. The molecule has 0 radical (unpaired) electrons. The van der Waals surface area contributed by atoms with Crippen molar-refractivity contribution >= 4 is 43.5 Å². The first-order valence-corrected chi connectivity index (χ1v) is 17.3. The summed E-state index contributed by atoms with van der Waals surface area (Å²) in [5, 5.41) is 3.07. The summed E-state index contributed by atoms with van der Waals surface area (Å²) in [6.07, 6.45) is 0.991. The van der Waals surface area contributed by atoms with Crippen LogP contribution >= 0.6 is 15.9 Å². The van der Waals surface area contributed by atoms with Crippen LogP contribution in [0.2, 0.25) is 0 Å². The Bertz CT molecular complexity index is 1690. The molecule has 0 heterocycles. The number of amides is 2. The Balaban J connectivity index is 1.81. The summed E-state index contributed by atoms with van der Waals surface area (Å²) < 4.78 is 30.2. The van der Waals surface area contributed by atoms with Crippen LogP contribution in [0.4, 0.5) is 5.69 Å². The topological polar surface area (TPSA) is 86.8 Å². The number of halogens is 1. The van der Waals surface area contributed by atoms with E-state index in [9.17, 15) is 18.0 Å². The van der Waals surface area contributed by atoms with Crippen molar-refractivity contribution in [1.29, 1.82) is 0 Å². The molecule has 0 aliphatic carbocycles. The smallest absolute Gasteiger partial charge is 0.264 e. The minimum atomic E-state index is -4.15. The Morgan fingerprint density at radius 1 is 0.844 bits per heavy atom. The van der Waals surface area contributed by atoms with Gasteiger partial charge in [-0.2, -0.15) is 0 Å². The summed E-state index contributed by atoms with van der Waals surface area (Å²) in [7, 11) is -4.15. The predicted molar refractivity (Wildman–Crippen MR) is 183 cm³/mol. The quantitative estimate of drug-likeness (QED) is 0.167. The maximum atomic E-state index is 14.6. The first kappa shape index (κ1) is 33.9.